The van der Waals surface area contributed by atoms with Crippen LogP contribution in [0, 0.1) is 6.92 Å². The standard InChI is InChI=1S/C18H19N3O2S/c1-15-8-10-18(11-9-15)24(22,23)20(2)13-16-12-19-21(14-16)17-6-4-3-5-7-17/h3-12,14H,13H2,1-2H3. The van der Waals surface area contributed by atoms with E-state index >= 15 is 0 Å². The minimum absolute atomic E-state index is 0.267. The van der Waals surface area contributed by atoms with Crippen molar-refractivity contribution >= 4 is 10.0 Å². The number of benzene rings is 2. The van der Waals surface area contributed by atoms with Crippen LogP contribution in [0.2, 0.25) is 0 Å². The molecule has 0 spiro atoms. The fraction of sp³-hybridized carbons (Fsp3) is 0.167. The quantitative estimate of drug-likeness (QED) is 0.717. The van der Waals surface area contributed by atoms with Crippen LogP contribution in [0.15, 0.2) is 71.9 Å². The highest BCUT2D eigenvalue weighted by Gasteiger charge is 2.21. The molecule has 0 saturated carbocycles. The number of hydrogen-bond donors (Lipinski definition) is 0. The Bertz CT molecular complexity index is 916. The number of rotatable bonds is 5. The fourth-order valence-corrected chi connectivity index (χ4v) is 3.55. The van der Waals surface area contributed by atoms with Crippen molar-refractivity contribution in [3.63, 3.8) is 0 Å². The number of para-hydroxylation sites is 1. The molecule has 0 amide bonds. The highest BCUT2D eigenvalue weighted by atomic mass is 32.2. The molecule has 24 heavy (non-hydrogen) atoms. The van der Waals surface area contributed by atoms with Crippen LogP contribution >= 0.6 is 0 Å². The zero-order valence-electron chi connectivity index (χ0n) is 13.6. The third-order valence-corrected chi connectivity index (χ3v) is 5.61. The molecule has 0 aliphatic heterocycles. The highest BCUT2D eigenvalue weighted by molar-refractivity contribution is 7.89. The highest BCUT2D eigenvalue weighted by Crippen LogP contribution is 2.17. The van der Waals surface area contributed by atoms with Crippen molar-refractivity contribution < 1.29 is 8.42 Å². The second-order valence-electron chi connectivity index (χ2n) is 5.70. The third kappa shape index (κ3) is 3.39. The molecule has 3 aromatic rings. The van der Waals surface area contributed by atoms with Crippen molar-refractivity contribution in [2.75, 3.05) is 7.05 Å². The Balaban J connectivity index is 1.78. The molecule has 0 unspecified atom stereocenters. The molecule has 124 valence electrons. The summed E-state index contributed by atoms with van der Waals surface area (Å²) in [6.45, 7) is 2.20. The van der Waals surface area contributed by atoms with Crippen molar-refractivity contribution in [1.29, 1.82) is 0 Å². The normalized spacial score (nSPS) is 11.8. The zero-order chi connectivity index (χ0) is 17.2. The van der Waals surface area contributed by atoms with Gasteiger partial charge in [0.25, 0.3) is 0 Å². The van der Waals surface area contributed by atoms with Crippen molar-refractivity contribution in [2.45, 2.75) is 18.4 Å². The Labute approximate surface area is 142 Å². The first-order chi connectivity index (χ1) is 11.5. The molecule has 1 aromatic heterocycles. The van der Waals surface area contributed by atoms with Crippen LogP contribution in [0.25, 0.3) is 5.69 Å². The van der Waals surface area contributed by atoms with E-state index in [1.165, 1.54) is 4.31 Å². The summed E-state index contributed by atoms with van der Waals surface area (Å²) in [7, 11) is -1.93. The van der Waals surface area contributed by atoms with Gasteiger partial charge in [0.05, 0.1) is 16.8 Å². The van der Waals surface area contributed by atoms with E-state index < -0.39 is 10.0 Å². The number of aromatic nitrogens is 2. The van der Waals surface area contributed by atoms with Gasteiger partial charge in [-0.15, -0.1) is 0 Å². The van der Waals surface area contributed by atoms with E-state index in [1.54, 1.807) is 42.2 Å². The van der Waals surface area contributed by atoms with Crippen LogP contribution in [0.3, 0.4) is 0 Å². The van der Waals surface area contributed by atoms with Crippen LogP contribution in [-0.4, -0.2) is 29.6 Å². The smallest absolute Gasteiger partial charge is 0.241 e. The monoisotopic (exact) mass is 341 g/mol. The Kier molecular flexibility index (Phi) is 4.51. The molecule has 3 rings (SSSR count). The summed E-state index contributed by atoms with van der Waals surface area (Å²) < 4.78 is 28.3. The summed E-state index contributed by atoms with van der Waals surface area (Å²) in [5.41, 5.74) is 2.80. The Morgan fingerprint density at radius 2 is 1.71 bits per heavy atom. The SMILES string of the molecule is Cc1ccc(S(=O)(=O)N(C)Cc2cnn(-c3ccccc3)c2)cc1. The average molecular weight is 341 g/mol. The molecular weight excluding hydrogens is 322 g/mol. The van der Waals surface area contributed by atoms with E-state index in [9.17, 15) is 8.42 Å². The van der Waals surface area contributed by atoms with Gasteiger partial charge in [-0.1, -0.05) is 35.9 Å². The van der Waals surface area contributed by atoms with E-state index in [2.05, 4.69) is 5.10 Å². The lowest BCUT2D eigenvalue weighted by atomic mass is 10.2. The van der Waals surface area contributed by atoms with Crippen LogP contribution < -0.4 is 0 Å². The van der Waals surface area contributed by atoms with Gasteiger partial charge in [-0.2, -0.15) is 9.40 Å². The summed E-state index contributed by atoms with van der Waals surface area (Å²) >= 11 is 0. The second kappa shape index (κ2) is 6.59. The summed E-state index contributed by atoms with van der Waals surface area (Å²) in [6, 6.07) is 16.6. The van der Waals surface area contributed by atoms with Crippen molar-refractivity contribution in [3.8, 4) is 5.69 Å². The maximum Gasteiger partial charge on any atom is 0.243 e. The van der Waals surface area contributed by atoms with Crippen LogP contribution in [0.1, 0.15) is 11.1 Å². The molecule has 0 atom stereocenters. The average Bonchev–Trinajstić information content (AvgIpc) is 3.04. The van der Waals surface area contributed by atoms with Gasteiger partial charge in [0.15, 0.2) is 0 Å². The summed E-state index contributed by atoms with van der Waals surface area (Å²) in [6.07, 6.45) is 3.53. The lowest BCUT2D eigenvalue weighted by Crippen LogP contribution is -2.26. The minimum Gasteiger partial charge on any atom is -0.241 e. The molecule has 0 aliphatic rings. The molecule has 0 N–H and O–H groups in total. The van der Waals surface area contributed by atoms with E-state index in [-0.39, 0.29) is 6.54 Å². The fourth-order valence-electron chi connectivity index (χ4n) is 2.40. The zero-order valence-corrected chi connectivity index (χ0v) is 14.4. The largest absolute Gasteiger partial charge is 0.243 e. The van der Waals surface area contributed by atoms with Gasteiger partial charge in [-0.3, -0.25) is 0 Å². The summed E-state index contributed by atoms with van der Waals surface area (Å²) in [5, 5.41) is 4.30. The van der Waals surface area contributed by atoms with Crippen molar-refractivity contribution in [2.24, 2.45) is 0 Å². The predicted octanol–water partition coefficient (Wildman–Crippen LogP) is 3.00. The minimum atomic E-state index is -3.51. The molecule has 0 radical (unpaired) electrons. The first-order valence-corrected chi connectivity index (χ1v) is 9.03. The Morgan fingerprint density at radius 3 is 2.38 bits per heavy atom. The third-order valence-electron chi connectivity index (χ3n) is 3.79. The molecule has 1 heterocycles. The predicted molar refractivity (Wildman–Crippen MR) is 93.4 cm³/mol. The molecule has 0 aliphatic carbocycles. The van der Waals surface area contributed by atoms with E-state index in [0.717, 1.165) is 16.8 Å². The van der Waals surface area contributed by atoms with Gasteiger partial charge in [-0.25, -0.2) is 13.1 Å². The molecule has 0 saturated heterocycles. The van der Waals surface area contributed by atoms with Crippen LogP contribution in [0.5, 0.6) is 0 Å². The Hall–Kier alpha value is -2.44. The van der Waals surface area contributed by atoms with Gasteiger partial charge in [0, 0.05) is 25.4 Å². The second-order valence-corrected chi connectivity index (χ2v) is 7.75. The topological polar surface area (TPSA) is 55.2 Å². The van der Waals surface area contributed by atoms with Crippen molar-refractivity contribution in [1.82, 2.24) is 14.1 Å². The maximum atomic E-state index is 12.6. The van der Waals surface area contributed by atoms with Gasteiger partial charge in [0.2, 0.25) is 10.0 Å². The van der Waals surface area contributed by atoms with Crippen molar-refractivity contribution in [3.05, 3.63) is 78.1 Å². The van der Waals surface area contributed by atoms with E-state index in [4.69, 9.17) is 0 Å². The number of nitrogens with zero attached hydrogens (tertiary/aromatic N) is 3. The molecule has 6 heteroatoms. The number of aryl methyl sites for hydroxylation is 1. The van der Waals surface area contributed by atoms with Gasteiger partial charge >= 0.3 is 0 Å². The number of hydrogen-bond acceptors (Lipinski definition) is 3. The van der Waals surface area contributed by atoms with Crippen LogP contribution in [0.4, 0.5) is 0 Å². The lowest BCUT2D eigenvalue weighted by molar-refractivity contribution is 0.466. The van der Waals surface area contributed by atoms with E-state index in [0.29, 0.717) is 4.90 Å². The van der Waals surface area contributed by atoms with Gasteiger partial charge < -0.3 is 0 Å². The molecule has 5 nitrogen and oxygen atoms in total. The number of sulfonamides is 1. The van der Waals surface area contributed by atoms with Crippen LogP contribution in [-0.2, 0) is 16.6 Å². The molecule has 0 fully saturated rings. The summed E-state index contributed by atoms with van der Waals surface area (Å²) in [5.74, 6) is 0. The lowest BCUT2D eigenvalue weighted by Gasteiger charge is -2.16. The van der Waals surface area contributed by atoms with E-state index in [1.807, 2.05) is 43.5 Å². The first kappa shape index (κ1) is 16.4. The molecule has 2 aromatic carbocycles. The molecule has 0 bridgehead atoms. The Morgan fingerprint density at radius 1 is 1.04 bits per heavy atom. The van der Waals surface area contributed by atoms with Gasteiger partial charge in [0.1, 0.15) is 0 Å². The summed E-state index contributed by atoms with van der Waals surface area (Å²) in [4.78, 5) is 0.297. The maximum absolute atomic E-state index is 12.6. The molecular formula is C18H19N3O2S. The van der Waals surface area contributed by atoms with Gasteiger partial charge in [-0.05, 0) is 31.2 Å². The first-order valence-electron chi connectivity index (χ1n) is 7.59.